The van der Waals surface area contributed by atoms with Gasteiger partial charge >= 0.3 is 0 Å². The Bertz CT molecular complexity index is 794. The monoisotopic (exact) mass is 305 g/mol. The van der Waals surface area contributed by atoms with E-state index in [1.165, 1.54) is 0 Å². The van der Waals surface area contributed by atoms with Crippen LogP contribution in [0, 0.1) is 0 Å². The highest BCUT2D eigenvalue weighted by Crippen LogP contribution is 2.23. The zero-order valence-corrected chi connectivity index (χ0v) is 12.2. The molecule has 3 nitrogen and oxygen atoms in total. The molecule has 1 aromatic carbocycles. The molecule has 0 bridgehead atoms. The lowest BCUT2D eigenvalue weighted by Crippen LogP contribution is -2.22. The molecule has 0 fully saturated rings. The lowest BCUT2D eigenvalue weighted by molar-refractivity contribution is 0.297. The summed E-state index contributed by atoms with van der Waals surface area (Å²) in [5.74, 6) is 0.638. The van der Waals surface area contributed by atoms with Crippen LogP contribution in [0.4, 0.5) is 0 Å². The van der Waals surface area contributed by atoms with Crippen LogP contribution in [0.2, 0.25) is 5.02 Å². The summed E-state index contributed by atoms with van der Waals surface area (Å²) in [5.41, 5.74) is 0.0199. The predicted molar refractivity (Wildman–Crippen MR) is 83.0 cm³/mol. The molecule has 0 spiro atoms. The Morgan fingerprint density at radius 1 is 1.20 bits per heavy atom. The third-order valence-electron chi connectivity index (χ3n) is 3.02. The van der Waals surface area contributed by atoms with Crippen molar-refractivity contribution in [3.05, 3.63) is 63.4 Å². The Morgan fingerprint density at radius 3 is 2.90 bits per heavy atom. The summed E-state index contributed by atoms with van der Waals surface area (Å²) in [6.07, 6.45) is 1.80. The maximum atomic E-state index is 12.2. The second kappa shape index (κ2) is 5.69. The molecule has 2 aromatic heterocycles. The molecule has 102 valence electrons. The summed E-state index contributed by atoms with van der Waals surface area (Å²) >= 11 is 7.58. The van der Waals surface area contributed by atoms with Crippen molar-refractivity contribution in [3.63, 3.8) is 0 Å². The molecule has 0 unspecified atom stereocenters. The molecule has 0 N–H and O–H groups in total. The minimum atomic E-state index is 0.0199. The van der Waals surface area contributed by atoms with E-state index in [-0.39, 0.29) is 5.56 Å². The molecule has 0 amide bonds. The van der Waals surface area contributed by atoms with E-state index in [9.17, 15) is 4.79 Å². The van der Waals surface area contributed by atoms with Gasteiger partial charge in [-0.25, -0.2) is 0 Å². The molecule has 0 saturated heterocycles. The molecule has 3 rings (SSSR count). The first-order valence-electron chi connectivity index (χ1n) is 6.20. The minimum absolute atomic E-state index is 0.0199. The number of aromatic nitrogens is 1. The molecule has 2 heterocycles. The highest BCUT2D eigenvalue weighted by Gasteiger charge is 2.04. The summed E-state index contributed by atoms with van der Waals surface area (Å²) < 4.78 is 8.27. The Kier molecular flexibility index (Phi) is 3.76. The van der Waals surface area contributed by atoms with Crippen molar-refractivity contribution >= 4 is 33.0 Å². The number of fused-ring (bicyclic) bond motifs is 1. The van der Waals surface area contributed by atoms with Crippen LogP contribution in [0.3, 0.4) is 0 Å². The topological polar surface area (TPSA) is 31.2 Å². The number of hydrogen-bond donors (Lipinski definition) is 0. The number of para-hydroxylation sites is 1. The normalized spacial score (nSPS) is 10.8. The van der Waals surface area contributed by atoms with E-state index in [2.05, 4.69) is 0 Å². The average molecular weight is 306 g/mol. The number of ether oxygens (including phenoxy) is 1. The fourth-order valence-electron chi connectivity index (χ4n) is 2.00. The molecule has 20 heavy (non-hydrogen) atoms. The summed E-state index contributed by atoms with van der Waals surface area (Å²) in [6, 6.07) is 11.1. The Morgan fingerprint density at radius 2 is 2.05 bits per heavy atom. The second-order valence-corrected chi connectivity index (χ2v) is 5.65. The molecular weight excluding hydrogens is 294 g/mol. The van der Waals surface area contributed by atoms with E-state index in [0.717, 1.165) is 10.1 Å². The third kappa shape index (κ3) is 2.57. The second-order valence-electron chi connectivity index (χ2n) is 4.29. The van der Waals surface area contributed by atoms with Gasteiger partial charge < -0.3 is 9.30 Å². The van der Waals surface area contributed by atoms with Gasteiger partial charge in [0.05, 0.1) is 17.0 Å². The molecule has 0 aliphatic rings. The first kappa shape index (κ1) is 13.2. The number of rotatable bonds is 4. The Labute approximate surface area is 125 Å². The minimum Gasteiger partial charge on any atom is -0.490 e. The van der Waals surface area contributed by atoms with E-state index in [1.807, 2.05) is 35.7 Å². The van der Waals surface area contributed by atoms with Crippen molar-refractivity contribution in [2.75, 3.05) is 6.61 Å². The zero-order valence-electron chi connectivity index (χ0n) is 10.6. The van der Waals surface area contributed by atoms with E-state index < -0.39 is 0 Å². The largest absolute Gasteiger partial charge is 0.490 e. The fourth-order valence-corrected chi connectivity index (χ4v) is 2.96. The maximum absolute atomic E-state index is 12.2. The first-order chi connectivity index (χ1) is 9.75. The smallest absolute Gasteiger partial charge is 0.259 e. The van der Waals surface area contributed by atoms with Gasteiger partial charge in [-0.05, 0) is 29.6 Å². The van der Waals surface area contributed by atoms with E-state index in [4.69, 9.17) is 16.3 Å². The number of halogens is 1. The van der Waals surface area contributed by atoms with Crippen molar-refractivity contribution in [1.29, 1.82) is 0 Å². The Hall–Kier alpha value is -1.78. The highest BCUT2D eigenvalue weighted by molar-refractivity contribution is 7.17. The lowest BCUT2D eigenvalue weighted by Gasteiger charge is -2.09. The van der Waals surface area contributed by atoms with Gasteiger partial charge in [0.15, 0.2) is 0 Å². The zero-order chi connectivity index (χ0) is 13.9. The van der Waals surface area contributed by atoms with Crippen LogP contribution in [0.1, 0.15) is 0 Å². The molecule has 5 heteroatoms. The van der Waals surface area contributed by atoms with Crippen LogP contribution in [-0.2, 0) is 6.54 Å². The van der Waals surface area contributed by atoms with Crippen LogP contribution in [0.5, 0.6) is 5.75 Å². The van der Waals surface area contributed by atoms with Crippen LogP contribution < -0.4 is 10.3 Å². The SMILES string of the molecule is O=c1c2ccsc2ccn1CCOc1ccccc1Cl. The molecular formula is C15H12ClNO2S. The number of thiophene rings is 1. The maximum Gasteiger partial charge on any atom is 0.259 e. The van der Waals surface area contributed by atoms with Gasteiger partial charge in [-0.2, -0.15) is 0 Å². The molecule has 0 aliphatic carbocycles. The van der Waals surface area contributed by atoms with Crippen molar-refractivity contribution < 1.29 is 4.74 Å². The van der Waals surface area contributed by atoms with Crippen LogP contribution in [-0.4, -0.2) is 11.2 Å². The summed E-state index contributed by atoms with van der Waals surface area (Å²) in [7, 11) is 0. The number of nitrogens with zero attached hydrogens (tertiary/aromatic N) is 1. The summed E-state index contributed by atoms with van der Waals surface area (Å²) in [6.45, 7) is 0.898. The van der Waals surface area contributed by atoms with Gasteiger partial charge in [0.2, 0.25) is 0 Å². The first-order valence-corrected chi connectivity index (χ1v) is 7.45. The highest BCUT2D eigenvalue weighted by atomic mass is 35.5. The van der Waals surface area contributed by atoms with Gasteiger partial charge in [0, 0.05) is 10.9 Å². The van der Waals surface area contributed by atoms with Crippen molar-refractivity contribution in [1.82, 2.24) is 4.57 Å². The van der Waals surface area contributed by atoms with E-state index in [1.54, 1.807) is 28.2 Å². The lowest BCUT2D eigenvalue weighted by atomic mass is 10.3. The molecule has 0 saturated carbocycles. The van der Waals surface area contributed by atoms with Crippen molar-refractivity contribution in [2.45, 2.75) is 6.54 Å². The predicted octanol–water partition coefficient (Wildman–Crippen LogP) is 3.80. The van der Waals surface area contributed by atoms with Gasteiger partial charge in [0.25, 0.3) is 5.56 Å². The average Bonchev–Trinajstić information content (AvgIpc) is 2.93. The molecule has 0 radical (unpaired) electrons. The van der Waals surface area contributed by atoms with Gasteiger partial charge in [-0.3, -0.25) is 4.79 Å². The van der Waals surface area contributed by atoms with Crippen LogP contribution >= 0.6 is 22.9 Å². The Balaban J connectivity index is 1.73. The quantitative estimate of drug-likeness (QED) is 0.734. The van der Waals surface area contributed by atoms with Crippen LogP contribution in [0.25, 0.3) is 10.1 Å². The molecule has 0 atom stereocenters. The standard InChI is InChI=1S/C15H12ClNO2S/c16-12-3-1-2-4-13(12)19-9-8-17-7-5-14-11(15(17)18)6-10-20-14/h1-7,10H,8-9H2. The van der Waals surface area contributed by atoms with Crippen LogP contribution in [0.15, 0.2) is 52.8 Å². The number of pyridine rings is 1. The molecule has 0 aliphatic heterocycles. The van der Waals surface area contributed by atoms with Gasteiger partial charge in [-0.15, -0.1) is 11.3 Å². The third-order valence-corrected chi connectivity index (χ3v) is 4.21. The summed E-state index contributed by atoms with van der Waals surface area (Å²) in [5, 5.41) is 3.26. The van der Waals surface area contributed by atoms with Crippen molar-refractivity contribution in [2.24, 2.45) is 0 Å². The van der Waals surface area contributed by atoms with E-state index >= 15 is 0 Å². The fraction of sp³-hybridized carbons (Fsp3) is 0.133. The van der Waals surface area contributed by atoms with Crippen molar-refractivity contribution in [3.8, 4) is 5.75 Å². The number of benzene rings is 1. The van der Waals surface area contributed by atoms with Gasteiger partial charge in [0.1, 0.15) is 12.4 Å². The van der Waals surface area contributed by atoms with Gasteiger partial charge in [-0.1, -0.05) is 23.7 Å². The number of hydrogen-bond acceptors (Lipinski definition) is 3. The van der Waals surface area contributed by atoms with E-state index in [0.29, 0.717) is 23.9 Å². The molecule has 3 aromatic rings. The summed E-state index contributed by atoms with van der Waals surface area (Å²) in [4.78, 5) is 12.2.